The van der Waals surface area contributed by atoms with Crippen molar-refractivity contribution < 1.29 is 13.9 Å². The van der Waals surface area contributed by atoms with Gasteiger partial charge in [-0.05, 0) is 42.3 Å². The van der Waals surface area contributed by atoms with Gasteiger partial charge in [-0.3, -0.25) is 9.69 Å². The van der Waals surface area contributed by atoms with E-state index < -0.39 is 0 Å². The highest BCUT2D eigenvalue weighted by Crippen LogP contribution is 2.25. The van der Waals surface area contributed by atoms with Crippen molar-refractivity contribution in [3.63, 3.8) is 0 Å². The first-order valence-corrected chi connectivity index (χ1v) is 8.87. The number of anilines is 1. The van der Waals surface area contributed by atoms with E-state index in [9.17, 15) is 4.79 Å². The topological polar surface area (TPSA) is 54.7 Å². The van der Waals surface area contributed by atoms with Crippen LogP contribution in [0.2, 0.25) is 0 Å². The number of rotatable bonds is 8. The fourth-order valence-electron chi connectivity index (χ4n) is 2.94. The standard InChI is InChI=1S/C22H24N2O3/c1-17-10-11-21(26-2)20(13-17)23-22(25)16-24(15-19-9-6-12-27-19)14-18-7-4-3-5-8-18/h3-13H,14-16H2,1-2H3,(H,23,25). The lowest BCUT2D eigenvalue weighted by Gasteiger charge is -2.21. The van der Waals surface area contributed by atoms with Crippen molar-refractivity contribution in [1.29, 1.82) is 0 Å². The minimum atomic E-state index is -0.0959. The second-order valence-electron chi connectivity index (χ2n) is 6.46. The molecule has 2 aromatic carbocycles. The Hall–Kier alpha value is -3.05. The number of ether oxygens (including phenoxy) is 1. The van der Waals surface area contributed by atoms with Gasteiger partial charge in [0.1, 0.15) is 11.5 Å². The van der Waals surface area contributed by atoms with Crippen LogP contribution in [0.25, 0.3) is 0 Å². The second-order valence-corrected chi connectivity index (χ2v) is 6.46. The number of hydrogen-bond acceptors (Lipinski definition) is 4. The Kier molecular flexibility index (Phi) is 6.28. The highest BCUT2D eigenvalue weighted by molar-refractivity contribution is 5.93. The molecule has 0 radical (unpaired) electrons. The van der Waals surface area contributed by atoms with Crippen molar-refractivity contribution in [2.75, 3.05) is 19.0 Å². The Labute approximate surface area is 159 Å². The van der Waals surface area contributed by atoms with Crippen molar-refractivity contribution in [2.24, 2.45) is 0 Å². The van der Waals surface area contributed by atoms with E-state index in [2.05, 4.69) is 17.4 Å². The maximum atomic E-state index is 12.7. The van der Waals surface area contributed by atoms with Crippen molar-refractivity contribution in [3.05, 3.63) is 83.8 Å². The number of nitrogens with zero attached hydrogens (tertiary/aromatic N) is 1. The van der Waals surface area contributed by atoms with E-state index in [1.807, 2.05) is 60.4 Å². The predicted octanol–water partition coefficient (Wildman–Crippen LogP) is 4.24. The van der Waals surface area contributed by atoms with Crippen LogP contribution in [0, 0.1) is 6.92 Å². The van der Waals surface area contributed by atoms with Crippen LogP contribution in [-0.4, -0.2) is 24.5 Å². The lowest BCUT2D eigenvalue weighted by molar-refractivity contribution is -0.117. The van der Waals surface area contributed by atoms with Gasteiger partial charge in [0, 0.05) is 6.54 Å². The highest BCUT2D eigenvalue weighted by Gasteiger charge is 2.15. The van der Waals surface area contributed by atoms with Gasteiger partial charge in [0.05, 0.1) is 32.1 Å². The Morgan fingerprint density at radius 3 is 2.59 bits per heavy atom. The molecule has 1 heterocycles. The summed E-state index contributed by atoms with van der Waals surface area (Å²) >= 11 is 0. The molecular formula is C22H24N2O3. The molecular weight excluding hydrogens is 340 g/mol. The third-order valence-corrected chi connectivity index (χ3v) is 4.20. The smallest absolute Gasteiger partial charge is 0.238 e. The molecule has 0 aliphatic rings. The fraction of sp³-hybridized carbons (Fsp3) is 0.227. The molecule has 27 heavy (non-hydrogen) atoms. The van der Waals surface area contributed by atoms with Crippen LogP contribution in [0.5, 0.6) is 5.75 Å². The predicted molar refractivity (Wildman–Crippen MR) is 106 cm³/mol. The molecule has 0 atom stereocenters. The molecule has 1 amide bonds. The van der Waals surface area contributed by atoms with Crippen molar-refractivity contribution in [1.82, 2.24) is 4.90 Å². The van der Waals surface area contributed by atoms with Gasteiger partial charge in [0.15, 0.2) is 0 Å². The number of nitrogens with one attached hydrogen (secondary N) is 1. The molecule has 0 spiro atoms. The third kappa shape index (κ3) is 5.46. The molecule has 0 fully saturated rings. The zero-order valence-electron chi connectivity index (χ0n) is 15.6. The van der Waals surface area contributed by atoms with E-state index >= 15 is 0 Å². The van der Waals surface area contributed by atoms with E-state index in [-0.39, 0.29) is 12.5 Å². The van der Waals surface area contributed by atoms with Crippen molar-refractivity contribution in [3.8, 4) is 5.75 Å². The SMILES string of the molecule is COc1ccc(C)cc1NC(=O)CN(Cc1ccccc1)Cc1ccco1. The maximum absolute atomic E-state index is 12.7. The molecule has 1 N–H and O–H groups in total. The van der Waals surface area contributed by atoms with Crippen molar-refractivity contribution in [2.45, 2.75) is 20.0 Å². The van der Waals surface area contributed by atoms with Crippen molar-refractivity contribution >= 4 is 11.6 Å². The molecule has 0 aliphatic carbocycles. The van der Waals surface area contributed by atoms with Gasteiger partial charge in [0.25, 0.3) is 0 Å². The summed E-state index contributed by atoms with van der Waals surface area (Å²) in [7, 11) is 1.60. The van der Waals surface area contributed by atoms with Crippen LogP contribution >= 0.6 is 0 Å². The van der Waals surface area contributed by atoms with Crippen LogP contribution in [0.15, 0.2) is 71.3 Å². The largest absolute Gasteiger partial charge is 0.495 e. The first-order valence-electron chi connectivity index (χ1n) is 8.87. The average molecular weight is 364 g/mol. The van der Waals surface area contributed by atoms with Gasteiger partial charge < -0.3 is 14.5 Å². The minimum absolute atomic E-state index is 0.0959. The number of hydrogen-bond donors (Lipinski definition) is 1. The minimum Gasteiger partial charge on any atom is -0.495 e. The monoisotopic (exact) mass is 364 g/mol. The van der Waals surface area contributed by atoms with Crippen LogP contribution in [0.4, 0.5) is 5.69 Å². The third-order valence-electron chi connectivity index (χ3n) is 4.20. The number of aryl methyl sites for hydroxylation is 1. The van der Waals surface area contributed by atoms with Gasteiger partial charge in [-0.15, -0.1) is 0 Å². The number of carbonyl (C=O) groups excluding carboxylic acids is 1. The van der Waals surface area contributed by atoms with E-state index in [0.717, 1.165) is 16.9 Å². The van der Waals surface area contributed by atoms with E-state index in [4.69, 9.17) is 9.15 Å². The first-order chi connectivity index (χ1) is 13.1. The van der Waals surface area contributed by atoms with E-state index in [1.165, 1.54) is 0 Å². The summed E-state index contributed by atoms with van der Waals surface area (Å²) in [5.74, 6) is 1.38. The molecule has 140 valence electrons. The molecule has 0 aliphatic heterocycles. The Bertz CT molecular complexity index is 861. The summed E-state index contributed by atoms with van der Waals surface area (Å²) in [4.78, 5) is 14.7. The first kappa shape index (κ1) is 18.7. The van der Waals surface area contributed by atoms with Crippen LogP contribution in [-0.2, 0) is 17.9 Å². The summed E-state index contributed by atoms with van der Waals surface area (Å²) in [6.45, 7) is 3.43. The van der Waals surface area contributed by atoms with Crippen LogP contribution in [0.3, 0.4) is 0 Å². The summed E-state index contributed by atoms with van der Waals surface area (Å²) in [5.41, 5.74) is 2.88. The average Bonchev–Trinajstić information content (AvgIpc) is 3.15. The van der Waals surface area contributed by atoms with Gasteiger partial charge in [-0.25, -0.2) is 0 Å². The normalized spacial score (nSPS) is 10.8. The van der Waals surface area contributed by atoms with Gasteiger partial charge >= 0.3 is 0 Å². The number of benzene rings is 2. The summed E-state index contributed by atoms with van der Waals surface area (Å²) in [6.07, 6.45) is 1.65. The molecule has 5 nitrogen and oxygen atoms in total. The number of methoxy groups -OCH3 is 1. The maximum Gasteiger partial charge on any atom is 0.238 e. The lowest BCUT2D eigenvalue weighted by atomic mass is 10.2. The zero-order valence-corrected chi connectivity index (χ0v) is 15.6. The van der Waals surface area contributed by atoms with Gasteiger partial charge in [0.2, 0.25) is 5.91 Å². The fourth-order valence-corrected chi connectivity index (χ4v) is 2.94. The van der Waals surface area contributed by atoms with Crippen LogP contribution < -0.4 is 10.1 Å². The Morgan fingerprint density at radius 2 is 1.89 bits per heavy atom. The lowest BCUT2D eigenvalue weighted by Crippen LogP contribution is -2.32. The summed E-state index contributed by atoms with van der Waals surface area (Å²) in [6, 6.07) is 19.6. The number of furan rings is 1. The van der Waals surface area contributed by atoms with Gasteiger partial charge in [-0.2, -0.15) is 0 Å². The van der Waals surface area contributed by atoms with E-state index in [1.54, 1.807) is 13.4 Å². The highest BCUT2D eigenvalue weighted by atomic mass is 16.5. The number of amides is 1. The second kappa shape index (κ2) is 9.05. The molecule has 0 unspecified atom stereocenters. The molecule has 0 saturated carbocycles. The summed E-state index contributed by atoms with van der Waals surface area (Å²) in [5, 5.41) is 2.96. The molecule has 5 heteroatoms. The number of carbonyl (C=O) groups is 1. The molecule has 0 bridgehead atoms. The quantitative estimate of drug-likeness (QED) is 0.650. The molecule has 1 aromatic heterocycles. The van der Waals surface area contributed by atoms with E-state index in [0.29, 0.717) is 24.5 Å². The summed E-state index contributed by atoms with van der Waals surface area (Å²) < 4.78 is 10.8. The zero-order chi connectivity index (χ0) is 19.1. The molecule has 3 rings (SSSR count). The van der Waals surface area contributed by atoms with Crippen LogP contribution in [0.1, 0.15) is 16.9 Å². The molecule has 0 saturated heterocycles. The molecule has 3 aromatic rings. The Balaban J connectivity index is 1.71. The van der Waals surface area contributed by atoms with Gasteiger partial charge in [-0.1, -0.05) is 36.4 Å². The Morgan fingerprint density at radius 1 is 1.07 bits per heavy atom.